The van der Waals surface area contributed by atoms with Gasteiger partial charge < -0.3 is 4.74 Å². The zero-order chi connectivity index (χ0) is 5.70. The van der Waals surface area contributed by atoms with Crippen LogP contribution in [-0.4, -0.2) is 12.0 Å². The zero-order valence-corrected chi connectivity index (χ0v) is 4.82. The average Bonchev–Trinajstić information content (AvgIpc) is 1.61. The molecule has 0 aliphatic rings. The Bertz CT molecular complexity index is 52.0. The monoisotopic (exact) mass is 119 g/mol. The summed E-state index contributed by atoms with van der Waals surface area (Å²) in [6, 6.07) is 0. The van der Waals surface area contributed by atoms with E-state index in [1.807, 2.05) is 0 Å². The van der Waals surface area contributed by atoms with Crippen molar-refractivity contribution in [1.29, 1.82) is 0 Å². The number of ether oxygens (including phenoxy) is 1. The quantitative estimate of drug-likeness (QED) is 0.405. The number of rotatable bonds is 3. The van der Waals surface area contributed by atoms with Gasteiger partial charge in [-0.2, -0.15) is 0 Å². The van der Waals surface area contributed by atoms with Crippen LogP contribution in [0.3, 0.4) is 0 Å². The van der Waals surface area contributed by atoms with Crippen molar-refractivity contribution in [3.8, 4) is 0 Å². The SMILES string of the molecule is [CH2]C(Cl)COC=C. The van der Waals surface area contributed by atoms with Crippen molar-refractivity contribution in [2.45, 2.75) is 5.38 Å². The largest absolute Gasteiger partial charge is 0.500 e. The molecule has 0 aliphatic heterocycles. The lowest BCUT2D eigenvalue weighted by molar-refractivity contribution is 0.259. The van der Waals surface area contributed by atoms with Crippen LogP contribution in [0.4, 0.5) is 0 Å². The minimum Gasteiger partial charge on any atom is -0.500 e. The van der Waals surface area contributed by atoms with Gasteiger partial charge >= 0.3 is 0 Å². The number of halogens is 1. The predicted octanol–water partition coefficient (Wildman–Crippen LogP) is 1.59. The first-order chi connectivity index (χ1) is 3.27. The average molecular weight is 120 g/mol. The van der Waals surface area contributed by atoms with Gasteiger partial charge in [0.25, 0.3) is 0 Å². The molecular formula is C5H8ClO. The van der Waals surface area contributed by atoms with Crippen LogP contribution in [0.15, 0.2) is 12.8 Å². The molecule has 0 bridgehead atoms. The summed E-state index contributed by atoms with van der Waals surface area (Å²) in [5.41, 5.74) is 0. The molecule has 0 aliphatic carbocycles. The first-order valence-electron chi connectivity index (χ1n) is 1.97. The highest BCUT2D eigenvalue weighted by atomic mass is 35.5. The van der Waals surface area contributed by atoms with Crippen LogP contribution in [0.5, 0.6) is 0 Å². The molecule has 1 radical (unpaired) electrons. The van der Waals surface area contributed by atoms with Crippen LogP contribution in [-0.2, 0) is 4.74 Å². The second-order valence-electron chi connectivity index (χ2n) is 1.10. The summed E-state index contributed by atoms with van der Waals surface area (Å²) >= 11 is 5.37. The Morgan fingerprint density at radius 1 is 1.86 bits per heavy atom. The molecule has 1 nitrogen and oxygen atoms in total. The molecule has 0 rings (SSSR count). The topological polar surface area (TPSA) is 9.23 Å². The van der Waals surface area contributed by atoms with Crippen LogP contribution in [0.2, 0.25) is 0 Å². The molecule has 1 atom stereocenters. The molecule has 0 N–H and O–H groups in total. The molecule has 0 saturated heterocycles. The Morgan fingerprint density at radius 3 is 2.57 bits per heavy atom. The van der Waals surface area contributed by atoms with Crippen molar-refractivity contribution in [2.75, 3.05) is 6.61 Å². The fraction of sp³-hybridized carbons (Fsp3) is 0.400. The van der Waals surface area contributed by atoms with Crippen LogP contribution >= 0.6 is 11.6 Å². The van der Waals surface area contributed by atoms with E-state index >= 15 is 0 Å². The number of hydrogen-bond acceptors (Lipinski definition) is 1. The standard InChI is InChI=1S/C5H8ClO/c1-3-7-4-5(2)6/h3,5H,1-2,4H2. The van der Waals surface area contributed by atoms with Crippen molar-refractivity contribution < 1.29 is 4.74 Å². The van der Waals surface area contributed by atoms with Gasteiger partial charge in [0, 0.05) is 0 Å². The van der Waals surface area contributed by atoms with Gasteiger partial charge in [-0.1, -0.05) is 6.58 Å². The van der Waals surface area contributed by atoms with Gasteiger partial charge in [0.1, 0.15) is 6.61 Å². The van der Waals surface area contributed by atoms with E-state index in [0.717, 1.165) is 0 Å². The summed E-state index contributed by atoms with van der Waals surface area (Å²) < 4.78 is 4.66. The summed E-state index contributed by atoms with van der Waals surface area (Å²) in [6.45, 7) is 7.23. The molecule has 1 unspecified atom stereocenters. The molecule has 2 heteroatoms. The van der Waals surface area contributed by atoms with Gasteiger partial charge in [-0.3, -0.25) is 0 Å². The minimum absolute atomic E-state index is 0.169. The highest BCUT2D eigenvalue weighted by Crippen LogP contribution is 1.91. The van der Waals surface area contributed by atoms with Crippen molar-refractivity contribution in [1.82, 2.24) is 0 Å². The maximum absolute atomic E-state index is 5.37. The second kappa shape index (κ2) is 4.00. The normalized spacial score (nSPS) is 12.9. The molecule has 0 amide bonds. The Morgan fingerprint density at radius 2 is 2.43 bits per heavy atom. The lowest BCUT2D eigenvalue weighted by Gasteiger charge is -1.98. The van der Waals surface area contributed by atoms with Crippen molar-refractivity contribution in [3.63, 3.8) is 0 Å². The second-order valence-corrected chi connectivity index (χ2v) is 1.71. The Labute approximate surface area is 48.9 Å². The Hall–Kier alpha value is -0.170. The summed E-state index contributed by atoms with van der Waals surface area (Å²) in [7, 11) is 0. The highest BCUT2D eigenvalue weighted by molar-refractivity contribution is 6.21. The Balaban J connectivity index is 2.81. The molecule has 7 heavy (non-hydrogen) atoms. The third-order valence-corrected chi connectivity index (χ3v) is 0.521. The Kier molecular flexibility index (Phi) is 3.90. The van der Waals surface area contributed by atoms with E-state index < -0.39 is 0 Å². The summed E-state index contributed by atoms with van der Waals surface area (Å²) in [6.07, 6.45) is 1.35. The highest BCUT2D eigenvalue weighted by Gasteiger charge is 1.90. The fourth-order valence-electron chi connectivity index (χ4n) is 0.172. The van der Waals surface area contributed by atoms with E-state index in [-0.39, 0.29) is 5.38 Å². The molecule has 41 valence electrons. The smallest absolute Gasteiger partial charge is 0.104 e. The minimum atomic E-state index is -0.169. The third-order valence-electron chi connectivity index (χ3n) is 0.395. The fourth-order valence-corrected chi connectivity index (χ4v) is 0.245. The van der Waals surface area contributed by atoms with E-state index in [0.29, 0.717) is 6.61 Å². The van der Waals surface area contributed by atoms with E-state index in [1.54, 1.807) is 0 Å². The molecule has 0 aromatic heterocycles. The molecule has 0 spiro atoms. The van der Waals surface area contributed by atoms with Gasteiger partial charge in [-0.15, -0.1) is 11.6 Å². The van der Waals surface area contributed by atoms with Gasteiger partial charge in [0.05, 0.1) is 11.6 Å². The third kappa shape index (κ3) is 5.83. The molecule has 0 saturated carbocycles. The predicted molar refractivity (Wildman–Crippen MR) is 31.1 cm³/mol. The van der Waals surface area contributed by atoms with Gasteiger partial charge in [0.2, 0.25) is 0 Å². The van der Waals surface area contributed by atoms with Crippen molar-refractivity contribution >= 4 is 11.6 Å². The number of alkyl halides is 1. The lowest BCUT2D eigenvalue weighted by atomic mass is 10.5. The molecule has 0 aromatic rings. The molecular weight excluding hydrogens is 112 g/mol. The maximum Gasteiger partial charge on any atom is 0.104 e. The first-order valence-corrected chi connectivity index (χ1v) is 2.40. The first kappa shape index (κ1) is 6.83. The lowest BCUT2D eigenvalue weighted by Crippen LogP contribution is -1.99. The van der Waals surface area contributed by atoms with Gasteiger partial charge in [-0.05, 0) is 6.92 Å². The van der Waals surface area contributed by atoms with Crippen molar-refractivity contribution in [2.24, 2.45) is 0 Å². The van der Waals surface area contributed by atoms with E-state index in [9.17, 15) is 0 Å². The molecule has 0 heterocycles. The van der Waals surface area contributed by atoms with Crippen molar-refractivity contribution in [3.05, 3.63) is 19.8 Å². The number of hydrogen-bond donors (Lipinski definition) is 0. The van der Waals surface area contributed by atoms with Gasteiger partial charge in [-0.25, -0.2) is 0 Å². The summed E-state index contributed by atoms with van der Waals surface area (Å²) in [5, 5.41) is -0.169. The van der Waals surface area contributed by atoms with Crippen LogP contribution in [0.1, 0.15) is 0 Å². The summed E-state index contributed by atoms with van der Waals surface area (Å²) in [5.74, 6) is 0. The zero-order valence-electron chi connectivity index (χ0n) is 4.06. The van der Waals surface area contributed by atoms with Crippen LogP contribution < -0.4 is 0 Å². The van der Waals surface area contributed by atoms with E-state index in [4.69, 9.17) is 11.6 Å². The molecule has 0 fully saturated rings. The maximum atomic E-state index is 5.37. The summed E-state index contributed by atoms with van der Waals surface area (Å²) in [4.78, 5) is 0. The van der Waals surface area contributed by atoms with Gasteiger partial charge in [0.15, 0.2) is 0 Å². The van der Waals surface area contributed by atoms with Crippen LogP contribution in [0, 0.1) is 6.92 Å². The van der Waals surface area contributed by atoms with E-state index in [2.05, 4.69) is 18.2 Å². The van der Waals surface area contributed by atoms with Crippen LogP contribution in [0.25, 0.3) is 0 Å². The van der Waals surface area contributed by atoms with E-state index in [1.165, 1.54) is 6.26 Å². The molecule has 0 aromatic carbocycles.